The summed E-state index contributed by atoms with van der Waals surface area (Å²) in [4.78, 5) is 18.8. The number of imidazole rings is 1. The highest BCUT2D eigenvalue weighted by Gasteiger charge is 2.26. The van der Waals surface area contributed by atoms with Crippen molar-refractivity contribution in [3.63, 3.8) is 0 Å². The van der Waals surface area contributed by atoms with Gasteiger partial charge in [0.05, 0.1) is 22.5 Å². The van der Waals surface area contributed by atoms with Gasteiger partial charge in [0.15, 0.2) is 11.5 Å². The number of hydrogen-bond acceptors (Lipinski definition) is 6. The normalized spacial score (nSPS) is 15.5. The van der Waals surface area contributed by atoms with Gasteiger partial charge in [0.25, 0.3) is 5.91 Å². The summed E-state index contributed by atoms with van der Waals surface area (Å²) in [6.07, 6.45) is 1.63. The van der Waals surface area contributed by atoms with Gasteiger partial charge in [0.1, 0.15) is 5.82 Å². The first-order chi connectivity index (χ1) is 14.4. The smallest absolute Gasteiger partial charge is 0.258 e. The highest BCUT2D eigenvalue weighted by Crippen LogP contribution is 2.19. The molecule has 1 saturated heterocycles. The van der Waals surface area contributed by atoms with Crippen molar-refractivity contribution in [2.45, 2.75) is 6.92 Å². The number of sulfonamides is 1. The number of carbonyl (C=O) groups excluding carboxylic acids is 1. The molecule has 0 saturated carbocycles. The zero-order valence-electron chi connectivity index (χ0n) is 16.3. The van der Waals surface area contributed by atoms with Gasteiger partial charge in [-0.2, -0.15) is 4.31 Å². The maximum absolute atomic E-state index is 12.4. The fourth-order valence-corrected chi connectivity index (χ4v) is 4.61. The van der Waals surface area contributed by atoms with Gasteiger partial charge in [-0.05, 0) is 31.2 Å². The van der Waals surface area contributed by atoms with Crippen LogP contribution in [0.2, 0.25) is 5.02 Å². The van der Waals surface area contributed by atoms with Crippen molar-refractivity contribution < 1.29 is 13.2 Å². The first-order valence-corrected chi connectivity index (χ1v) is 11.5. The summed E-state index contributed by atoms with van der Waals surface area (Å²) in [5.41, 5.74) is 0.949. The highest BCUT2D eigenvalue weighted by molar-refractivity contribution is 7.89. The predicted molar refractivity (Wildman–Crippen MR) is 116 cm³/mol. The molecule has 0 bridgehead atoms. The third-order valence-electron chi connectivity index (χ3n) is 4.99. The number of hydrogen-bond donors (Lipinski definition) is 1. The standard InChI is InChI=1S/C19H21ClN6O3S/c1-2-30(28,29)25-11-9-24(10-12-25)18-8-7-17-21-16(13-26(17)23-18)22-19(27)14-5-3-4-6-15(14)20/h3-8,13H,2,9-12H2,1H3,(H,22,27). The Hall–Kier alpha value is -2.69. The van der Waals surface area contributed by atoms with Crippen LogP contribution in [0.1, 0.15) is 17.3 Å². The first-order valence-electron chi connectivity index (χ1n) is 9.52. The lowest BCUT2D eigenvalue weighted by atomic mass is 10.2. The van der Waals surface area contributed by atoms with E-state index >= 15 is 0 Å². The Morgan fingerprint density at radius 3 is 2.57 bits per heavy atom. The minimum atomic E-state index is -3.17. The lowest BCUT2D eigenvalue weighted by Gasteiger charge is -2.34. The van der Waals surface area contributed by atoms with Gasteiger partial charge in [-0.1, -0.05) is 23.7 Å². The SMILES string of the molecule is CCS(=O)(=O)N1CCN(c2ccc3nc(NC(=O)c4ccccc4Cl)cn3n2)CC1. The third kappa shape index (κ3) is 4.11. The van der Waals surface area contributed by atoms with E-state index in [0.29, 0.717) is 48.2 Å². The van der Waals surface area contributed by atoms with Crippen molar-refractivity contribution in [2.75, 3.05) is 42.1 Å². The van der Waals surface area contributed by atoms with Crippen LogP contribution < -0.4 is 10.2 Å². The number of halogens is 1. The molecule has 3 heterocycles. The Bertz CT molecular complexity index is 1190. The molecule has 1 N–H and O–H groups in total. The van der Waals surface area contributed by atoms with Crippen molar-refractivity contribution in [3.8, 4) is 0 Å². The fourth-order valence-electron chi connectivity index (χ4n) is 3.31. The van der Waals surface area contributed by atoms with Crippen LogP contribution in [0, 0.1) is 0 Å². The Balaban J connectivity index is 1.48. The molecule has 0 radical (unpaired) electrons. The number of nitrogens with zero attached hydrogens (tertiary/aromatic N) is 5. The predicted octanol–water partition coefficient (Wildman–Crippen LogP) is 2.11. The number of aromatic nitrogens is 3. The van der Waals surface area contributed by atoms with E-state index in [0.717, 1.165) is 5.82 Å². The summed E-state index contributed by atoms with van der Waals surface area (Å²) in [5, 5.41) is 7.66. The van der Waals surface area contributed by atoms with E-state index in [9.17, 15) is 13.2 Å². The van der Waals surface area contributed by atoms with Crippen LogP contribution in [-0.2, 0) is 10.0 Å². The largest absolute Gasteiger partial charge is 0.353 e. The van der Waals surface area contributed by atoms with E-state index in [1.807, 2.05) is 17.0 Å². The van der Waals surface area contributed by atoms with E-state index in [2.05, 4.69) is 15.4 Å². The number of fused-ring (bicyclic) bond motifs is 1. The summed E-state index contributed by atoms with van der Waals surface area (Å²) < 4.78 is 27.2. The van der Waals surface area contributed by atoms with Gasteiger partial charge in [-0.3, -0.25) is 4.79 Å². The van der Waals surface area contributed by atoms with Gasteiger partial charge in [0, 0.05) is 26.2 Å². The van der Waals surface area contributed by atoms with Crippen LogP contribution in [0.3, 0.4) is 0 Å². The quantitative estimate of drug-likeness (QED) is 0.641. The number of carbonyl (C=O) groups is 1. The summed E-state index contributed by atoms with van der Waals surface area (Å²) in [5.74, 6) is 0.841. The molecule has 30 heavy (non-hydrogen) atoms. The molecule has 0 aliphatic carbocycles. The fraction of sp³-hybridized carbons (Fsp3) is 0.316. The van der Waals surface area contributed by atoms with Crippen molar-refractivity contribution in [1.82, 2.24) is 18.9 Å². The van der Waals surface area contributed by atoms with E-state index < -0.39 is 10.0 Å². The molecule has 9 nitrogen and oxygen atoms in total. The number of rotatable bonds is 5. The average molecular weight is 449 g/mol. The van der Waals surface area contributed by atoms with Crippen molar-refractivity contribution in [2.24, 2.45) is 0 Å². The number of piperazine rings is 1. The molecule has 11 heteroatoms. The Labute approximate surface area is 179 Å². The van der Waals surface area contributed by atoms with Crippen molar-refractivity contribution in [3.05, 3.63) is 53.2 Å². The number of amides is 1. The number of anilines is 2. The molecule has 0 unspecified atom stereocenters. The second-order valence-electron chi connectivity index (χ2n) is 6.84. The molecule has 1 aliphatic heterocycles. The topological polar surface area (TPSA) is 99.9 Å². The van der Waals surface area contributed by atoms with E-state index in [1.165, 1.54) is 4.31 Å². The summed E-state index contributed by atoms with van der Waals surface area (Å²) in [6.45, 7) is 3.63. The van der Waals surface area contributed by atoms with Crippen LogP contribution in [0.4, 0.5) is 11.6 Å². The van der Waals surface area contributed by atoms with Gasteiger partial charge in [-0.15, -0.1) is 5.10 Å². The Kier molecular flexibility index (Phi) is 5.63. The van der Waals surface area contributed by atoms with E-state index in [-0.39, 0.29) is 11.7 Å². The van der Waals surface area contributed by atoms with Gasteiger partial charge in [-0.25, -0.2) is 17.9 Å². The second kappa shape index (κ2) is 8.21. The van der Waals surface area contributed by atoms with Crippen molar-refractivity contribution in [1.29, 1.82) is 0 Å². The monoisotopic (exact) mass is 448 g/mol. The van der Waals surface area contributed by atoms with Gasteiger partial charge >= 0.3 is 0 Å². The minimum Gasteiger partial charge on any atom is -0.353 e. The molecule has 4 rings (SSSR count). The Morgan fingerprint density at radius 2 is 1.87 bits per heavy atom. The molecule has 1 aliphatic rings. The molecular formula is C19H21ClN6O3S. The minimum absolute atomic E-state index is 0.106. The molecule has 3 aromatic rings. The average Bonchev–Trinajstić information content (AvgIpc) is 3.15. The van der Waals surface area contributed by atoms with Crippen molar-refractivity contribution >= 4 is 44.8 Å². The molecule has 0 atom stereocenters. The summed E-state index contributed by atoms with van der Waals surface area (Å²) >= 11 is 6.07. The number of nitrogens with one attached hydrogen (secondary N) is 1. The Morgan fingerprint density at radius 1 is 1.13 bits per heavy atom. The molecular weight excluding hydrogens is 428 g/mol. The maximum atomic E-state index is 12.4. The molecule has 1 fully saturated rings. The molecule has 1 aromatic carbocycles. The molecule has 158 valence electrons. The van der Waals surface area contributed by atoms with E-state index in [1.54, 1.807) is 41.9 Å². The van der Waals surface area contributed by atoms with Gasteiger partial charge in [0.2, 0.25) is 10.0 Å². The van der Waals surface area contributed by atoms with Crippen LogP contribution in [0.5, 0.6) is 0 Å². The maximum Gasteiger partial charge on any atom is 0.258 e. The molecule has 2 aromatic heterocycles. The summed E-state index contributed by atoms with van der Waals surface area (Å²) in [6, 6.07) is 10.4. The van der Waals surface area contributed by atoms with Crippen LogP contribution >= 0.6 is 11.6 Å². The summed E-state index contributed by atoms with van der Waals surface area (Å²) in [7, 11) is -3.17. The van der Waals surface area contributed by atoms with Crippen LogP contribution in [0.15, 0.2) is 42.6 Å². The first kappa shape index (κ1) is 20.6. The molecule has 0 spiro atoms. The lowest BCUT2D eigenvalue weighted by molar-refractivity contribution is 0.102. The van der Waals surface area contributed by atoms with Crippen LogP contribution in [-0.4, -0.2) is 65.2 Å². The zero-order chi connectivity index (χ0) is 21.3. The van der Waals surface area contributed by atoms with Gasteiger partial charge < -0.3 is 10.2 Å². The molecule has 1 amide bonds. The van der Waals surface area contributed by atoms with E-state index in [4.69, 9.17) is 11.6 Å². The highest BCUT2D eigenvalue weighted by atomic mass is 35.5. The zero-order valence-corrected chi connectivity index (χ0v) is 17.9. The third-order valence-corrected chi connectivity index (χ3v) is 7.20. The second-order valence-corrected chi connectivity index (χ2v) is 9.51. The number of benzene rings is 1. The van der Waals surface area contributed by atoms with Crippen LogP contribution in [0.25, 0.3) is 5.65 Å². The lowest BCUT2D eigenvalue weighted by Crippen LogP contribution is -2.49.